The zero-order valence-corrected chi connectivity index (χ0v) is 14.5. The van der Waals surface area contributed by atoms with E-state index in [1.54, 1.807) is 13.3 Å². The summed E-state index contributed by atoms with van der Waals surface area (Å²) in [5, 5.41) is 5.08. The van der Waals surface area contributed by atoms with Crippen LogP contribution in [0.2, 0.25) is 0 Å². The summed E-state index contributed by atoms with van der Waals surface area (Å²) in [4.78, 5) is 19.9. The van der Waals surface area contributed by atoms with Gasteiger partial charge in [-0.15, -0.1) is 0 Å². The molecule has 0 saturated heterocycles. The van der Waals surface area contributed by atoms with Gasteiger partial charge in [-0.05, 0) is 42.8 Å². The van der Waals surface area contributed by atoms with Gasteiger partial charge in [-0.1, -0.05) is 0 Å². The predicted octanol–water partition coefficient (Wildman–Crippen LogP) is 3.35. The van der Waals surface area contributed by atoms with E-state index < -0.39 is 0 Å². The molecule has 0 aliphatic carbocycles. The van der Waals surface area contributed by atoms with Crippen LogP contribution in [0.15, 0.2) is 54.9 Å². The number of rotatable bonds is 6. The van der Waals surface area contributed by atoms with E-state index in [4.69, 9.17) is 4.74 Å². The third-order valence-corrected chi connectivity index (χ3v) is 4.46. The van der Waals surface area contributed by atoms with Crippen LogP contribution in [-0.4, -0.2) is 34.1 Å². The zero-order chi connectivity index (χ0) is 17.9. The summed E-state index contributed by atoms with van der Waals surface area (Å²) in [5.74, 6) is 0.662. The number of H-pyrrole nitrogens is 1. The average Bonchev–Trinajstić information content (AvgIpc) is 3.28. The number of nitrogens with one attached hydrogen (secondary N) is 2. The summed E-state index contributed by atoms with van der Waals surface area (Å²) in [5.41, 5.74) is 2.42. The number of carbonyl (C=O) groups excluding carboxylic acids is 1. The van der Waals surface area contributed by atoms with Crippen LogP contribution in [0.3, 0.4) is 0 Å². The summed E-state index contributed by atoms with van der Waals surface area (Å²) < 4.78 is 7.32. The predicted molar refractivity (Wildman–Crippen MR) is 102 cm³/mol. The molecule has 2 N–H and O–H groups in total. The molecule has 1 amide bonds. The first-order chi connectivity index (χ1) is 12.7. The van der Waals surface area contributed by atoms with Crippen molar-refractivity contribution >= 4 is 27.8 Å². The Morgan fingerprint density at radius 3 is 3.04 bits per heavy atom. The van der Waals surface area contributed by atoms with E-state index in [1.165, 1.54) is 0 Å². The Hall–Kier alpha value is -3.28. The summed E-state index contributed by atoms with van der Waals surface area (Å²) in [6, 6.07) is 13.6. The van der Waals surface area contributed by atoms with E-state index in [0.29, 0.717) is 12.2 Å². The van der Waals surface area contributed by atoms with Crippen molar-refractivity contribution in [3.63, 3.8) is 0 Å². The molecule has 0 aliphatic rings. The topological polar surface area (TPSA) is 71.9 Å². The maximum absolute atomic E-state index is 12.3. The number of hydrogen-bond donors (Lipinski definition) is 2. The smallest absolute Gasteiger partial charge is 0.267 e. The zero-order valence-electron chi connectivity index (χ0n) is 14.5. The molecule has 26 heavy (non-hydrogen) atoms. The van der Waals surface area contributed by atoms with Crippen LogP contribution in [0.5, 0.6) is 5.75 Å². The molecule has 0 spiro atoms. The van der Waals surface area contributed by atoms with Gasteiger partial charge in [0.2, 0.25) is 0 Å². The Labute approximate surface area is 150 Å². The number of aromatic nitrogens is 3. The Morgan fingerprint density at radius 1 is 1.23 bits per heavy atom. The number of nitrogens with zero attached hydrogens (tertiary/aromatic N) is 2. The minimum atomic E-state index is -0.101. The molecule has 4 aromatic rings. The molecule has 0 saturated carbocycles. The molecule has 0 fully saturated rings. The summed E-state index contributed by atoms with van der Waals surface area (Å²) >= 11 is 0. The second kappa shape index (κ2) is 6.92. The highest BCUT2D eigenvalue weighted by Gasteiger charge is 2.09. The van der Waals surface area contributed by atoms with Crippen LogP contribution < -0.4 is 10.1 Å². The molecule has 6 nitrogen and oxygen atoms in total. The molecule has 4 rings (SSSR count). The number of methoxy groups -OCH3 is 1. The number of aromatic amines is 1. The lowest BCUT2D eigenvalue weighted by Crippen LogP contribution is -2.25. The fourth-order valence-electron chi connectivity index (χ4n) is 3.10. The van der Waals surface area contributed by atoms with Crippen LogP contribution in [0, 0.1) is 0 Å². The molecule has 132 valence electrons. The lowest BCUT2D eigenvalue weighted by Gasteiger charge is -2.06. The fourth-order valence-corrected chi connectivity index (χ4v) is 3.10. The molecule has 0 atom stereocenters. The van der Waals surface area contributed by atoms with E-state index in [2.05, 4.69) is 25.9 Å². The van der Waals surface area contributed by atoms with E-state index in [0.717, 1.165) is 40.7 Å². The quantitative estimate of drug-likeness (QED) is 0.525. The van der Waals surface area contributed by atoms with Gasteiger partial charge in [0, 0.05) is 47.8 Å². The van der Waals surface area contributed by atoms with Crippen LogP contribution >= 0.6 is 0 Å². The molecule has 0 unspecified atom stereocenters. The largest absolute Gasteiger partial charge is 0.497 e. The Bertz CT molecular complexity index is 1060. The van der Waals surface area contributed by atoms with Gasteiger partial charge in [-0.3, -0.25) is 4.79 Å². The molecular formula is C20H20N4O2. The van der Waals surface area contributed by atoms with Crippen LogP contribution in [0.25, 0.3) is 21.9 Å². The summed E-state index contributed by atoms with van der Waals surface area (Å²) in [6.45, 7) is 1.41. The molecule has 1 aromatic carbocycles. The fraction of sp³-hybridized carbons (Fsp3) is 0.200. The van der Waals surface area contributed by atoms with Crippen molar-refractivity contribution in [1.29, 1.82) is 0 Å². The van der Waals surface area contributed by atoms with Crippen LogP contribution in [0.1, 0.15) is 16.9 Å². The average molecular weight is 348 g/mol. The molecule has 6 heteroatoms. The van der Waals surface area contributed by atoms with Gasteiger partial charge in [-0.25, -0.2) is 4.98 Å². The minimum Gasteiger partial charge on any atom is -0.497 e. The van der Waals surface area contributed by atoms with Gasteiger partial charge in [0.15, 0.2) is 0 Å². The lowest BCUT2D eigenvalue weighted by molar-refractivity contribution is 0.0948. The number of benzene rings is 1. The van der Waals surface area contributed by atoms with Gasteiger partial charge in [0.25, 0.3) is 5.91 Å². The van der Waals surface area contributed by atoms with Gasteiger partial charge < -0.3 is 19.6 Å². The van der Waals surface area contributed by atoms with E-state index in [9.17, 15) is 4.79 Å². The number of hydrogen-bond acceptors (Lipinski definition) is 3. The number of ether oxygens (including phenoxy) is 1. The Kier molecular flexibility index (Phi) is 4.31. The monoisotopic (exact) mass is 348 g/mol. The maximum atomic E-state index is 12.3. The van der Waals surface area contributed by atoms with Crippen molar-refractivity contribution in [2.24, 2.45) is 0 Å². The number of fused-ring (bicyclic) bond motifs is 2. The first-order valence-corrected chi connectivity index (χ1v) is 8.59. The van der Waals surface area contributed by atoms with Gasteiger partial charge in [0.1, 0.15) is 17.1 Å². The molecule has 3 heterocycles. The lowest BCUT2D eigenvalue weighted by atomic mass is 10.2. The second-order valence-corrected chi connectivity index (χ2v) is 6.17. The number of amides is 1. The van der Waals surface area contributed by atoms with Crippen LogP contribution in [0.4, 0.5) is 0 Å². The van der Waals surface area contributed by atoms with Crippen molar-refractivity contribution in [2.75, 3.05) is 13.7 Å². The van der Waals surface area contributed by atoms with Crippen molar-refractivity contribution in [2.45, 2.75) is 13.0 Å². The third kappa shape index (κ3) is 3.13. The summed E-state index contributed by atoms with van der Waals surface area (Å²) in [7, 11) is 1.63. The molecular weight excluding hydrogens is 328 g/mol. The van der Waals surface area contributed by atoms with E-state index >= 15 is 0 Å². The Morgan fingerprint density at radius 2 is 2.15 bits per heavy atom. The first kappa shape index (κ1) is 16.2. The maximum Gasteiger partial charge on any atom is 0.267 e. The highest BCUT2D eigenvalue weighted by molar-refractivity contribution is 5.98. The molecule has 3 aromatic heterocycles. The normalized spacial score (nSPS) is 11.1. The van der Waals surface area contributed by atoms with Crippen LogP contribution in [-0.2, 0) is 6.54 Å². The highest BCUT2D eigenvalue weighted by atomic mass is 16.5. The van der Waals surface area contributed by atoms with E-state index in [-0.39, 0.29) is 5.91 Å². The molecule has 0 aliphatic heterocycles. The number of aryl methyl sites for hydroxylation is 1. The van der Waals surface area contributed by atoms with Crippen molar-refractivity contribution in [3.8, 4) is 5.75 Å². The highest BCUT2D eigenvalue weighted by Crippen LogP contribution is 2.21. The first-order valence-electron chi connectivity index (χ1n) is 8.59. The standard InChI is InChI=1S/C20H20N4O2/c1-26-16-6-5-15-12-18(23-17(15)13-16)20(25)22-9-3-10-24-11-7-14-4-2-8-21-19(14)24/h2,4-8,11-13,23H,3,9-10H2,1H3,(H,22,25). The molecule has 0 bridgehead atoms. The van der Waals surface area contributed by atoms with Crippen molar-refractivity contribution < 1.29 is 9.53 Å². The van der Waals surface area contributed by atoms with Gasteiger partial charge in [0.05, 0.1) is 7.11 Å². The number of pyridine rings is 1. The van der Waals surface area contributed by atoms with Crippen molar-refractivity contribution in [3.05, 3.63) is 60.6 Å². The number of carbonyl (C=O) groups is 1. The SMILES string of the molecule is COc1ccc2cc(C(=O)NCCCn3ccc4cccnc43)[nH]c2c1. The molecule has 0 radical (unpaired) electrons. The Balaban J connectivity index is 1.35. The summed E-state index contributed by atoms with van der Waals surface area (Å²) in [6.07, 6.45) is 4.66. The van der Waals surface area contributed by atoms with E-state index in [1.807, 2.05) is 42.6 Å². The van der Waals surface area contributed by atoms with Gasteiger partial charge >= 0.3 is 0 Å². The van der Waals surface area contributed by atoms with Crippen molar-refractivity contribution in [1.82, 2.24) is 19.9 Å². The van der Waals surface area contributed by atoms with Gasteiger partial charge in [-0.2, -0.15) is 0 Å². The second-order valence-electron chi connectivity index (χ2n) is 6.17. The third-order valence-electron chi connectivity index (χ3n) is 4.46. The minimum absolute atomic E-state index is 0.101.